The molecule has 1 rings (SSSR count). The predicted molar refractivity (Wildman–Crippen MR) is 43.2 cm³/mol. The average Bonchev–Trinajstić information content (AvgIpc) is 2.11. The monoisotopic (exact) mass is 175 g/mol. The zero-order chi connectivity index (χ0) is 8.65. The molecule has 0 saturated carbocycles. The molecule has 0 radical (unpaired) electrons. The van der Waals surface area contributed by atoms with Gasteiger partial charge in [-0.3, -0.25) is 14.9 Å². The summed E-state index contributed by atoms with van der Waals surface area (Å²) in [7, 11) is 0. The van der Waals surface area contributed by atoms with Gasteiger partial charge >= 0.3 is 0 Å². The minimum absolute atomic E-state index is 0.491. The first kappa shape index (κ1) is 9.92. The van der Waals surface area contributed by atoms with E-state index in [1.165, 1.54) is 25.7 Å². The van der Waals surface area contributed by atoms with Crippen molar-refractivity contribution in [2.75, 3.05) is 13.2 Å². The second kappa shape index (κ2) is 6.37. The maximum Gasteiger partial charge on any atom is 0.0739 e. The minimum Gasteiger partial charge on any atom is -0.266 e. The van der Waals surface area contributed by atoms with Gasteiger partial charge in [0.2, 0.25) is 0 Å². The van der Waals surface area contributed by atoms with E-state index in [0.717, 1.165) is 12.8 Å². The summed E-state index contributed by atoms with van der Waals surface area (Å²) >= 11 is 0. The van der Waals surface area contributed by atoms with Crippen LogP contribution in [0.5, 0.6) is 0 Å². The lowest BCUT2D eigenvalue weighted by Crippen LogP contribution is -2.21. The van der Waals surface area contributed by atoms with Crippen LogP contribution >= 0.6 is 0 Å². The molecule has 0 aromatic carbocycles. The summed E-state index contributed by atoms with van der Waals surface area (Å²) in [5.74, 6) is 0. The fourth-order valence-corrected chi connectivity index (χ4v) is 1.23. The number of hydrogen-bond donors (Lipinski definition) is 1. The number of nitrogens with zero attached hydrogens (tertiary/aromatic N) is 1. The molecule has 1 aliphatic heterocycles. The Morgan fingerprint density at radius 1 is 0.750 bits per heavy atom. The van der Waals surface area contributed by atoms with Crippen LogP contribution in [0.2, 0.25) is 0 Å². The van der Waals surface area contributed by atoms with Crippen LogP contribution in [0.15, 0.2) is 0 Å². The molecule has 0 aromatic rings. The summed E-state index contributed by atoms with van der Waals surface area (Å²) in [5.41, 5.74) is 0. The smallest absolute Gasteiger partial charge is 0.0739 e. The first-order valence-electron chi connectivity index (χ1n) is 4.64. The van der Waals surface area contributed by atoms with Crippen molar-refractivity contribution in [3.63, 3.8) is 0 Å². The Morgan fingerprint density at radius 2 is 1.17 bits per heavy atom. The molecule has 1 heterocycles. The van der Waals surface area contributed by atoms with Crippen molar-refractivity contribution in [1.82, 2.24) is 5.39 Å². The first-order valence-corrected chi connectivity index (χ1v) is 4.64. The van der Waals surface area contributed by atoms with Crippen LogP contribution in [0.3, 0.4) is 0 Å². The fourth-order valence-electron chi connectivity index (χ4n) is 1.23. The third-order valence-electron chi connectivity index (χ3n) is 1.94. The van der Waals surface area contributed by atoms with Crippen LogP contribution in [0.1, 0.15) is 38.5 Å². The molecule has 1 fully saturated rings. The third-order valence-corrected chi connectivity index (χ3v) is 1.94. The lowest BCUT2D eigenvalue weighted by Gasteiger charge is -2.12. The van der Waals surface area contributed by atoms with E-state index in [2.05, 4.69) is 0 Å². The Hall–Kier alpha value is -0.160. The average molecular weight is 175 g/mol. The molecule has 0 unspecified atom stereocenters. The Labute approximate surface area is 72.9 Å². The predicted octanol–water partition coefficient (Wildman–Crippen LogP) is 1.90. The van der Waals surface area contributed by atoms with Crippen molar-refractivity contribution in [3.8, 4) is 0 Å². The maximum atomic E-state index is 8.91. The Bertz CT molecular complexity index is 98.5. The summed E-state index contributed by atoms with van der Waals surface area (Å²) in [4.78, 5) is 9.68. The SMILES string of the molecule is ON1OCCCCCCCCO1. The van der Waals surface area contributed by atoms with Gasteiger partial charge in [-0.1, -0.05) is 25.7 Å². The molecule has 72 valence electrons. The summed E-state index contributed by atoms with van der Waals surface area (Å²) in [6.07, 6.45) is 6.84. The summed E-state index contributed by atoms with van der Waals surface area (Å²) < 4.78 is 0. The van der Waals surface area contributed by atoms with E-state index in [4.69, 9.17) is 14.9 Å². The van der Waals surface area contributed by atoms with E-state index >= 15 is 0 Å². The minimum atomic E-state index is 0.491. The zero-order valence-electron chi connectivity index (χ0n) is 7.37. The summed E-state index contributed by atoms with van der Waals surface area (Å²) in [6.45, 7) is 1.08. The zero-order valence-corrected chi connectivity index (χ0v) is 7.37. The molecule has 0 aromatic heterocycles. The molecule has 0 aliphatic carbocycles. The Morgan fingerprint density at radius 3 is 1.67 bits per heavy atom. The fraction of sp³-hybridized carbons (Fsp3) is 1.00. The quantitative estimate of drug-likeness (QED) is 0.610. The van der Waals surface area contributed by atoms with Gasteiger partial charge in [0.05, 0.1) is 18.6 Å². The molecular formula is C8H17NO3. The van der Waals surface area contributed by atoms with Crippen molar-refractivity contribution in [3.05, 3.63) is 0 Å². The van der Waals surface area contributed by atoms with Crippen molar-refractivity contribution in [2.24, 2.45) is 0 Å². The largest absolute Gasteiger partial charge is 0.266 e. The summed E-state index contributed by atoms with van der Waals surface area (Å²) in [5, 5.41) is 9.40. The Kier molecular flexibility index (Phi) is 5.27. The van der Waals surface area contributed by atoms with E-state index in [9.17, 15) is 0 Å². The van der Waals surface area contributed by atoms with Crippen molar-refractivity contribution >= 4 is 0 Å². The molecule has 4 nitrogen and oxygen atoms in total. The van der Waals surface area contributed by atoms with Gasteiger partial charge in [-0.25, -0.2) is 0 Å². The van der Waals surface area contributed by atoms with E-state index < -0.39 is 0 Å². The van der Waals surface area contributed by atoms with Crippen molar-refractivity contribution in [1.29, 1.82) is 0 Å². The van der Waals surface area contributed by atoms with Gasteiger partial charge in [-0.2, -0.15) is 0 Å². The highest BCUT2D eigenvalue weighted by molar-refractivity contribution is 4.44. The maximum absolute atomic E-state index is 8.91. The molecule has 1 aliphatic rings. The van der Waals surface area contributed by atoms with E-state index in [0.29, 0.717) is 18.6 Å². The molecule has 1 N–H and O–H groups in total. The second-order valence-corrected chi connectivity index (χ2v) is 3.03. The normalized spacial score (nSPS) is 24.8. The first-order chi connectivity index (χ1) is 5.89. The Balaban J connectivity index is 2.13. The highest BCUT2D eigenvalue weighted by Gasteiger charge is 2.02. The standard InChI is InChI=1S/C8H17NO3/c10-9-11-7-5-3-1-2-4-6-8-12-9/h10H,1-8H2. The van der Waals surface area contributed by atoms with Crippen molar-refractivity contribution in [2.45, 2.75) is 38.5 Å². The number of hydrogen-bond acceptors (Lipinski definition) is 4. The highest BCUT2D eigenvalue weighted by atomic mass is 17.1. The van der Waals surface area contributed by atoms with Crippen LogP contribution < -0.4 is 0 Å². The second-order valence-electron chi connectivity index (χ2n) is 3.03. The van der Waals surface area contributed by atoms with Gasteiger partial charge in [-0.15, -0.1) is 0 Å². The van der Waals surface area contributed by atoms with Gasteiger partial charge in [0.15, 0.2) is 0 Å². The van der Waals surface area contributed by atoms with E-state index in [1.807, 2.05) is 0 Å². The molecule has 0 amide bonds. The van der Waals surface area contributed by atoms with Gasteiger partial charge in [0.1, 0.15) is 0 Å². The highest BCUT2D eigenvalue weighted by Crippen LogP contribution is 2.07. The van der Waals surface area contributed by atoms with E-state index in [-0.39, 0.29) is 0 Å². The van der Waals surface area contributed by atoms with Crippen LogP contribution in [0, 0.1) is 0 Å². The molecule has 4 heteroatoms. The molecule has 0 bridgehead atoms. The van der Waals surface area contributed by atoms with Gasteiger partial charge in [-0.05, 0) is 12.8 Å². The lowest BCUT2D eigenvalue weighted by atomic mass is 10.1. The van der Waals surface area contributed by atoms with Crippen LogP contribution in [-0.2, 0) is 9.68 Å². The lowest BCUT2D eigenvalue weighted by molar-refractivity contribution is -0.510. The van der Waals surface area contributed by atoms with Gasteiger partial charge in [0.25, 0.3) is 0 Å². The van der Waals surface area contributed by atoms with E-state index in [1.54, 1.807) is 0 Å². The molecule has 12 heavy (non-hydrogen) atoms. The topological polar surface area (TPSA) is 41.9 Å². The summed E-state index contributed by atoms with van der Waals surface area (Å²) in [6, 6.07) is 0. The van der Waals surface area contributed by atoms with Crippen LogP contribution in [-0.4, -0.2) is 23.8 Å². The van der Waals surface area contributed by atoms with Gasteiger partial charge < -0.3 is 0 Å². The molecule has 0 atom stereocenters. The number of rotatable bonds is 0. The van der Waals surface area contributed by atoms with Crippen LogP contribution in [0.25, 0.3) is 0 Å². The van der Waals surface area contributed by atoms with Crippen molar-refractivity contribution < 1.29 is 14.9 Å². The van der Waals surface area contributed by atoms with Crippen LogP contribution in [0.4, 0.5) is 0 Å². The molecule has 1 saturated heterocycles. The molecular weight excluding hydrogens is 158 g/mol. The van der Waals surface area contributed by atoms with Gasteiger partial charge in [0, 0.05) is 0 Å². The third kappa shape index (κ3) is 4.66. The molecule has 0 spiro atoms.